The third-order valence-corrected chi connectivity index (χ3v) is 6.69. The third kappa shape index (κ3) is 3.82. The second kappa shape index (κ2) is 6.84. The van der Waals surface area contributed by atoms with Crippen LogP contribution in [0.1, 0.15) is 12.7 Å². The Hall–Kier alpha value is -2.41. The molecule has 13 heteroatoms. The molecule has 1 aliphatic rings. The van der Waals surface area contributed by atoms with Crippen LogP contribution in [0.25, 0.3) is 0 Å². The molecule has 11 nitrogen and oxygen atoms in total. The van der Waals surface area contributed by atoms with Gasteiger partial charge in [-0.25, -0.2) is 17.9 Å². The number of rotatable bonds is 5. The number of thioether (sulfide) groups is 1. The molecule has 2 amide bonds. The molecule has 2 heterocycles. The van der Waals surface area contributed by atoms with Crippen molar-refractivity contribution in [2.45, 2.75) is 23.8 Å². The smallest absolute Gasteiger partial charge is 0.335 e. The van der Waals surface area contributed by atoms with Crippen LogP contribution in [0.2, 0.25) is 0 Å². The summed E-state index contributed by atoms with van der Waals surface area (Å²) in [5, 5.41) is 11.4. The number of carboxylic acids is 1. The first-order valence-corrected chi connectivity index (χ1v) is 9.17. The summed E-state index contributed by atoms with van der Waals surface area (Å²) in [4.78, 5) is 34.7. The average molecular weight is 389 g/mol. The number of amides is 2. The highest BCUT2D eigenvalue weighted by molar-refractivity contribution is 8.05. The van der Waals surface area contributed by atoms with E-state index in [0.717, 1.165) is 11.8 Å². The van der Waals surface area contributed by atoms with Gasteiger partial charge in [-0.2, -0.15) is 15.0 Å². The molecule has 0 fully saturated rings. The summed E-state index contributed by atoms with van der Waals surface area (Å²) in [6.45, 7) is 2.75. The number of ether oxygens (including phenoxy) is 1. The maximum absolute atomic E-state index is 12.5. The molecular formula is C12H15N5O6S2. The van der Waals surface area contributed by atoms with E-state index in [1.54, 1.807) is 4.72 Å². The molecule has 136 valence electrons. The predicted octanol–water partition coefficient (Wildman–Crippen LogP) is 0.112. The number of aryl methyl sites for hydroxylation is 1. The molecule has 0 radical (unpaired) electrons. The van der Waals surface area contributed by atoms with Crippen molar-refractivity contribution in [3.05, 3.63) is 17.3 Å². The van der Waals surface area contributed by atoms with E-state index in [9.17, 15) is 23.1 Å². The molecule has 0 saturated carbocycles. The molecular weight excluding hydrogens is 374 g/mol. The Kier molecular flexibility index (Phi) is 5.17. The van der Waals surface area contributed by atoms with Crippen molar-refractivity contribution < 1.29 is 27.9 Å². The summed E-state index contributed by atoms with van der Waals surface area (Å²) in [5.41, 5.74) is 0. The van der Waals surface area contributed by atoms with Crippen LogP contribution in [0.5, 0.6) is 6.01 Å². The standard InChI is InChI=1S/C12H15N5O6S2/c1-6-13-9(16-11(14-6)23-3)15-10(20)17-25(21,22)12(2)4-5-24-7(12)8(18)19/h4-5,7H,1-3H3,(H,18,19)(H2,13,14,15,16,17,20). The van der Waals surface area contributed by atoms with Gasteiger partial charge >= 0.3 is 18.0 Å². The lowest BCUT2D eigenvalue weighted by Gasteiger charge is -2.26. The highest BCUT2D eigenvalue weighted by atomic mass is 32.2. The number of aromatic nitrogens is 3. The van der Waals surface area contributed by atoms with Gasteiger partial charge in [-0.1, -0.05) is 6.08 Å². The minimum absolute atomic E-state index is 0.0568. The summed E-state index contributed by atoms with van der Waals surface area (Å²) < 4.78 is 29.8. The lowest BCUT2D eigenvalue weighted by Crippen LogP contribution is -2.53. The second-order valence-electron chi connectivity index (χ2n) is 5.09. The molecule has 2 rings (SSSR count). The van der Waals surface area contributed by atoms with Crippen molar-refractivity contribution in [1.82, 2.24) is 19.7 Å². The highest BCUT2D eigenvalue weighted by Gasteiger charge is 2.51. The number of sulfonamides is 1. The van der Waals surface area contributed by atoms with E-state index >= 15 is 0 Å². The average Bonchev–Trinajstić information content (AvgIpc) is 2.89. The van der Waals surface area contributed by atoms with Gasteiger partial charge in [-0.3, -0.25) is 10.1 Å². The number of aliphatic carboxylic acids is 1. The zero-order chi connectivity index (χ0) is 18.8. The monoisotopic (exact) mass is 389 g/mol. The van der Waals surface area contributed by atoms with Crippen LogP contribution in [0.3, 0.4) is 0 Å². The fraction of sp³-hybridized carbons (Fsp3) is 0.417. The SMILES string of the molecule is COc1nc(C)nc(NC(=O)NS(=O)(=O)C2(C)C=CSC2C(=O)O)n1. The van der Waals surface area contributed by atoms with Gasteiger partial charge in [0.1, 0.15) is 15.8 Å². The normalized spacial score (nSPS) is 22.4. The summed E-state index contributed by atoms with van der Waals surface area (Å²) in [7, 11) is -3.03. The van der Waals surface area contributed by atoms with E-state index in [2.05, 4.69) is 20.3 Å². The van der Waals surface area contributed by atoms with Crippen molar-refractivity contribution in [2.75, 3.05) is 12.4 Å². The molecule has 0 bridgehead atoms. The lowest BCUT2D eigenvalue weighted by molar-refractivity contribution is -0.136. The zero-order valence-corrected chi connectivity index (χ0v) is 15.0. The number of hydrogen-bond acceptors (Lipinski definition) is 9. The maximum Gasteiger partial charge on any atom is 0.335 e. The summed E-state index contributed by atoms with van der Waals surface area (Å²) in [5.74, 6) is -1.27. The quantitative estimate of drug-likeness (QED) is 0.630. The summed E-state index contributed by atoms with van der Waals surface area (Å²) in [6.07, 6.45) is 1.22. The van der Waals surface area contributed by atoms with Crippen molar-refractivity contribution >= 4 is 39.7 Å². The topological polar surface area (TPSA) is 160 Å². The number of urea groups is 1. The first-order chi connectivity index (χ1) is 11.6. The number of methoxy groups -OCH3 is 1. The van der Waals surface area contributed by atoms with Gasteiger partial charge in [-0.15, -0.1) is 11.8 Å². The Morgan fingerprint density at radius 1 is 1.36 bits per heavy atom. The van der Waals surface area contributed by atoms with Crippen LogP contribution < -0.4 is 14.8 Å². The molecule has 3 N–H and O–H groups in total. The van der Waals surface area contributed by atoms with Gasteiger partial charge < -0.3 is 9.84 Å². The first kappa shape index (κ1) is 18.9. The highest BCUT2D eigenvalue weighted by Crippen LogP contribution is 2.38. The number of hydrogen-bond donors (Lipinski definition) is 3. The van der Waals surface area contributed by atoms with Gasteiger partial charge in [0.05, 0.1) is 7.11 Å². The largest absolute Gasteiger partial charge is 0.480 e. The number of carbonyl (C=O) groups excluding carboxylic acids is 1. The van der Waals surface area contributed by atoms with Crippen LogP contribution >= 0.6 is 11.8 Å². The molecule has 1 aromatic heterocycles. The van der Waals surface area contributed by atoms with Gasteiger partial charge in [0.25, 0.3) is 0 Å². The van der Waals surface area contributed by atoms with Crippen LogP contribution in [-0.4, -0.2) is 57.6 Å². The van der Waals surface area contributed by atoms with Gasteiger partial charge in [0.2, 0.25) is 16.0 Å². The Bertz CT molecular complexity index is 842. The fourth-order valence-corrected chi connectivity index (χ4v) is 4.73. The van der Waals surface area contributed by atoms with E-state index < -0.39 is 32.0 Å². The van der Waals surface area contributed by atoms with E-state index in [-0.39, 0.29) is 17.8 Å². The molecule has 1 aliphatic heterocycles. The fourth-order valence-electron chi connectivity index (χ4n) is 1.97. The molecule has 1 aromatic rings. The number of nitrogens with one attached hydrogen (secondary N) is 2. The number of nitrogens with zero attached hydrogens (tertiary/aromatic N) is 3. The Morgan fingerprint density at radius 3 is 2.64 bits per heavy atom. The van der Waals surface area contributed by atoms with Crippen molar-refractivity contribution in [3.8, 4) is 6.01 Å². The predicted molar refractivity (Wildman–Crippen MR) is 88.8 cm³/mol. The number of carboxylic acid groups (broad SMARTS) is 1. The van der Waals surface area contributed by atoms with Gasteiger partial charge in [0, 0.05) is 0 Å². The van der Waals surface area contributed by atoms with Gasteiger partial charge in [-0.05, 0) is 19.3 Å². The van der Waals surface area contributed by atoms with Crippen LogP contribution in [-0.2, 0) is 14.8 Å². The zero-order valence-electron chi connectivity index (χ0n) is 13.4. The summed E-state index contributed by atoms with van der Waals surface area (Å²) >= 11 is 0.842. The minimum atomic E-state index is -4.35. The van der Waals surface area contributed by atoms with Gasteiger partial charge in [0.15, 0.2) is 0 Å². The first-order valence-electron chi connectivity index (χ1n) is 6.75. The number of carbonyl (C=O) groups is 2. The minimum Gasteiger partial charge on any atom is -0.480 e. The molecule has 0 aliphatic carbocycles. The van der Waals surface area contributed by atoms with Crippen molar-refractivity contribution in [3.63, 3.8) is 0 Å². The lowest BCUT2D eigenvalue weighted by atomic mass is 10.1. The van der Waals surface area contributed by atoms with Crippen LogP contribution in [0, 0.1) is 6.92 Å². The Balaban J connectivity index is 2.18. The number of anilines is 1. The Labute approximate surface area is 147 Å². The molecule has 0 spiro atoms. The van der Waals surface area contributed by atoms with Crippen LogP contribution in [0.15, 0.2) is 11.5 Å². The molecule has 2 unspecified atom stereocenters. The van der Waals surface area contributed by atoms with E-state index in [1.807, 2.05) is 0 Å². The third-order valence-electron chi connectivity index (χ3n) is 3.30. The maximum atomic E-state index is 12.5. The van der Waals surface area contributed by atoms with Crippen molar-refractivity contribution in [1.29, 1.82) is 0 Å². The van der Waals surface area contributed by atoms with E-state index in [1.165, 1.54) is 32.4 Å². The summed E-state index contributed by atoms with van der Waals surface area (Å²) in [6, 6.07) is -1.19. The van der Waals surface area contributed by atoms with Crippen molar-refractivity contribution in [2.24, 2.45) is 0 Å². The molecule has 2 atom stereocenters. The Morgan fingerprint density at radius 2 is 2.04 bits per heavy atom. The van der Waals surface area contributed by atoms with E-state index in [4.69, 9.17) is 4.74 Å². The molecule has 0 aromatic carbocycles. The van der Waals surface area contributed by atoms with Crippen LogP contribution in [0.4, 0.5) is 10.7 Å². The molecule has 25 heavy (non-hydrogen) atoms. The van der Waals surface area contributed by atoms with E-state index in [0.29, 0.717) is 0 Å². The second-order valence-corrected chi connectivity index (χ2v) is 8.20. The molecule has 0 saturated heterocycles.